The number of phenols is 1. The van der Waals surface area contributed by atoms with Crippen molar-refractivity contribution in [3.8, 4) is 5.75 Å². The molecule has 2 rings (SSSR count). The number of hydrogen-bond donors (Lipinski definition) is 2. The van der Waals surface area contributed by atoms with Gasteiger partial charge in [0.25, 0.3) is 0 Å². The van der Waals surface area contributed by atoms with Gasteiger partial charge in [-0.15, -0.1) is 0 Å². The van der Waals surface area contributed by atoms with Crippen molar-refractivity contribution in [1.82, 2.24) is 0 Å². The Morgan fingerprint density at radius 1 is 1.08 bits per heavy atom. The van der Waals surface area contributed by atoms with Gasteiger partial charge in [0.15, 0.2) is 0 Å². The van der Waals surface area contributed by atoms with Crippen molar-refractivity contribution in [3.63, 3.8) is 0 Å². The van der Waals surface area contributed by atoms with Crippen LogP contribution in [0.5, 0.6) is 5.75 Å². The number of aromatic hydroxyl groups is 1. The summed E-state index contributed by atoms with van der Waals surface area (Å²) in [7, 11) is 0. The maximum atomic E-state index is 9.59. The fourth-order valence-corrected chi connectivity index (χ4v) is 2.07. The maximum absolute atomic E-state index is 9.59. The largest absolute Gasteiger partial charge is 0.508 e. The Morgan fingerprint density at radius 3 is 2.46 bits per heavy atom. The van der Waals surface area contributed by atoms with Gasteiger partial charge in [0.2, 0.25) is 0 Å². The van der Waals surface area contributed by atoms with Crippen LogP contribution in [0.1, 0.15) is 29.5 Å². The van der Waals surface area contributed by atoms with Crippen LogP contribution in [0.3, 0.4) is 0 Å². The summed E-state index contributed by atoms with van der Waals surface area (Å²) in [4.78, 5) is 0. The maximum Gasteiger partial charge on any atom is 0.119 e. The number of phenolic OH excluding ortho intramolecular Hbond substituents is 1. The van der Waals surface area contributed by atoms with Gasteiger partial charge in [0, 0.05) is 0 Å². The summed E-state index contributed by atoms with van der Waals surface area (Å²) in [6.07, 6.45) is 4.27. The van der Waals surface area contributed by atoms with Gasteiger partial charge >= 0.3 is 0 Å². The van der Waals surface area contributed by atoms with Gasteiger partial charge in [-0.25, -0.2) is 0 Å². The van der Waals surface area contributed by atoms with E-state index >= 15 is 0 Å². The molecular formula is C11H14O2. The second-order valence-corrected chi connectivity index (χ2v) is 3.57. The molecule has 70 valence electrons. The van der Waals surface area contributed by atoms with Crippen molar-refractivity contribution in [3.05, 3.63) is 28.8 Å². The van der Waals surface area contributed by atoms with Crippen LogP contribution >= 0.6 is 0 Å². The smallest absolute Gasteiger partial charge is 0.119 e. The van der Waals surface area contributed by atoms with E-state index in [1.807, 2.05) is 6.07 Å². The number of aliphatic hydroxyl groups excluding tert-OH is 1. The van der Waals surface area contributed by atoms with E-state index < -0.39 is 0 Å². The van der Waals surface area contributed by atoms with Crippen LogP contribution in [0.25, 0.3) is 0 Å². The Kier molecular flexibility index (Phi) is 2.23. The van der Waals surface area contributed by atoms with Crippen LogP contribution in [0.4, 0.5) is 0 Å². The summed E-state index contributed by atoms with van der Waals surface area (Å²) in [5.74, 6) is 0.395. The number of benzene rings is 1. The molecule has 0 aromatic heterocycles. The fraction of sp³-hybridized carbons (Fsp3) is 0.455. The molecule has 0 unspecified atom stereocenters. The molecule has 0 amide bonds. The summed E-state index contributed by atoms with van der Waals surface area (Å²) in [5.41, 5.74) is 3.21. The van der Waals surface area contributed by atoms with Gasteiger partial charge in [-0.2, -0.15) is 0 Å². The molecule has 0 saturated heterocycles. The van der Waals surface area contributed by atoms with E-state index in [9.17, 15) is 5.11 Å². The van der Waals surface area contributed by atoms with Crippen LogP contribution in [-0.4, -0.2) is 10.2 Å². The summed E-state index contributed by atoms with van der Waals surface area (Å²) < 4.78 is 0. The van der Waals surface area contributed by atoms with E-state index in [4.69, 9.17) is 5.11 Å². The lowest BCUT2D eigenvalue weighted by molar-refractivity contribution is 0.279. The predicted molar refractivity (Wildman–Crippen MR) is 50.7 cm³/mol. The van der Waals surface area contributed by atoms with Gasteiger partial charge < -0.3 is 10.2 Å². The second kappa shape index (κ2) is 3.38. The molecule has 0 aliphatic heterocycles. The molecule has 2 N–H and O–H groups in total. The number of hydrogen-bond acceptors (Lipinski definition) is 2. The van der Waals surface area contributed by atoms with E-state index in [1.165, 1.54) is 12.0 Å². The molecule has 0 atom stereocenters. The first kappa shape index (κ1) is 8.57. The molecule has 2 nitrogen and oxygen atoms in total. The molecule has 0 bridgehead atoms. The summed E-state index contributed by atoms with van der Waals surface area (Å²) in [6.45, 7) is 0.0859. The van der Waals surface area contributed by atoms with Gasteiger partial charge in [0.05, 0.1) is 6.61 Å². The van der Waals surface area contributed by atoms with Crippen molar-refractivity contribution >= 4 is 0 Å². The van der Waals surface area contributed by atoms with Crippen LogP contribution in [0, 0.1) is 0 Å². The van der Waals surface area contributed by atoms with E-state index in [2.05, 4.69) is 0 Å². The van der Waals surface area contributed by atoms with Crippen molar-refractivity contribution in [2.24, 2.45) is 0 Å². The van der Waals surface area contributed by atoms with Crippen LogP contribution in [0.2, 0.25) is 0 Å². The molecule has 1 aliphatic rings. The lowest BCUT2D eigenvalue weighted by Gasteiger charge is -2.19. The molecule has 1 aromatic rings. The van der Waals surface area contributed by atoms with E-state index in [0.29, 0.717) is 5.75 Å². The average Bonchev–Trinajstić information content (AvgIpc) is 2.19. The third-order valence-corrected chi connectivity index (χ3v) is 2.78. The SMILES string of the molecule is OCc1ccc(O)c2c1CCCC2. The normalized spacial score (nSPS) is 15.5. The third kappa shape index (κ3) is 1.42. The predicted octanol–water partition coefficient (Wildman–Crippen LogP) is 1.76. The highest BCUT2D eigenvalue weighted by molar-refractivity contribution is 5.45. The second-order valence-electron chi connectivity index (χ2n) is 3.57. The van der Waals surface area contributed by atoms with Gasteiger partial charge in [-0.3, -0.25) is 0 Å². The van der Waals surface area contributed by atoms with Gasteiger partial charge in [-0.1, -0.05) is 6.07 Å². The highest BCUT2D eigenvalue weighted by Crippen LogP contribution is 2.31. The minimum Gasteiger partial charge on any atom is -0.508 e. The summed E-state index contributed by atoms with van der Waals surface area (Å²) in [5, 5.41) is 18.7. The minimum atomic E-state index is 0.0859. The molecule has 13 heavy (non-hydrogen) atoms. The first-order valence-electron chi connectivity index (χ1n) is 4.76. The minimum absolute atomic E-state index is 0.0859. The summed E-state index contributed by atoms with van der Waals surface area (Å²) in [6, 6.07) is 3.51. The Labute approximate surface area is 77.8 Å². The third-order valence-electron chi connectivity index (χ3n) is 2.78. The Bertz CT molecular complexity index is 318. The highest BCUT2D eigenvalue weighted by Gasteiger charge is 2.15. The van der Waals surface area contributed by atoms with Crippen molar-refractivity contribution in [2.75, 3.05) is 0 Å². The van der Waals surface area contributed by atoms with E-state index in [1.54, 1.807) is 6.07 Å². The highest BCUT2D eigenvalue weighted by atomic mass is 16.3. The van der Waals surface area contributed by atoms with Crippen LogP contribution < -0.4 is 0 Å². The van der Waals surface area contributed by atoms with Crippen molar-refractivity contribution < 1.29 is 10.2 Å². The Hall–Kier alpha value is -1.02. The number of aliphatic hydroxyl groups is 1. The zero-order valence-electron chi connectivity index (χ0n) is 7.58. The molecule has 0 heterocycles. The standard InChI is InChI=1S/C11H14O2/c12-7-8-5-6-11(13)10-4-2-1-3-9(8)10/h5-6,12-13H,1-4,7H2. The first-order chi connectivity index (χ1) is 6.33. The molecule has 1 aliphatic carbocycles. The zero-order chi connectivity index (χ0) is 9.26. The molecule has 1 aromatic carbocycles. The topological polar surface area (TPSA) is 40.5 Å². The van der Waals surface area contributed by atoms with E-state index in [0.717, 1.165) is 30.4 Å². The summed E-state index contributed by atoms with van der Waals surface area (Å²) >= 11 is 0. The Morgan fingerprint density at radius 2 is 1.77 bits per heavy atom. The van der Waals surface area contributed by atoms with Crippen LogP contribution in [0.15, 0.2) is 12.1 Å². The van der Waals surface area contributed by atoms with Crippen molar-refractivity contribution in [2.45, 2.75) is 32.3 Å². The van der Waals surface area contributed by atoms with Gasteiger partial charge in [-0.05, 0) is 48.4 Å². The fourth-order valence-electron chi connectivity index (χ4n) is 2.07. The Balaban J connectivity index is 2.52. The molecule has 0 fully saturated rings. The number of fused-ring (bicyclic) bond motifs is 1. The van der Waals surface area contributed by atoms with Crippen molar-refractivity contribution in [1.29, 1.82) is 0 Å². The number of rotatable bonds is 1. The lowest BCUT2D eigenvalue weighted by atomic mass is 9.88. The molecule has 0 spiro atoms. The zero-order valence-corrected chi connectivity index (χ0v) is 7.58. The first-order valence-corrected chi connectivity index (χ1v) is 4.76. The monoisotopic (exact) mass is 178 g/mol. The molecule has 0 radical (unpaired) electrons. The average molecular weight is 178 g/mol. The van der Waals surface area contributed by atoms with Gasteiger partial charge in [0.1, 0.15) is 5.75 Å². The lowest BCUT2D eigenvalue weighted by Crippen LogP contribution is -2.06. The quantitative estimate of drug-likeness (QED) is 0.688. The van der Waals surface area contributed by atoms with Crippen LogP contribution in [-0.2, 0) is 19.4 Å². The molecule has 0 saturated carbocycles. The van der Waals surface area contributed by atoms with E-state index in [-0.39, 0.29) is 6.61 Å². The molecule has 2 heteroatoms. The molecular weight excluding hydrogens is 164 g/mol.